The molecule has 1 aromatic carbocycles. The van der Waals surface area contributed by atoms with E-state index < -0.39 is 7.28 Å². The Kier molecular flexibility index (Phi) is 2.83. The van der Waals surface area contributed by atoms with Gasteiger partial charge in [0.15, 0.2) is 0 Å². The predicted octanol–water partition coefficient (Wildman–Crippen LogP) is 0.616. The first kappa shape index (κ1) is 11.4. The molecule has 0 unspecified atom stereocenters. The van der Waals surface area contributed by atoms with Gasteiger partial charge in [0.1, 0.15) is 0 Å². The predicted molar refractivity (Wildman–Crippen MR) is 56.7 cm³/mol. The molecule has 0 aliphatic carbocycles. The van der Waals surface area contributed by atoms with Crippen molar-refractivity contribution in [3.63, 3.8) is 0 Å². The van der Waals surface area contributed by atoms with E-state index in [4.69, 9.17) is 4.74 Å². The van der Waals surface area contributed by atoms with Crippen molar-refractivity contribution in [2.24, 2.45) is 0 Å². The summed E-state index contributed by atoms with van der Waals surface area (Å²) in [6.07, 6.45) is -0.0854. The van der Waals surface area contributed by atoms with Gasteiger partial charge in [0.2, 0.25) is 0 Å². The Bertz CT molecular complexity index is 312. The summed E-state index contributed by atoms with van der Waals surface area (Å²) in [5.74, 6) is 0.608. The van der Waals surface area contributed by atoms with Crippen LogP contribution in [-0.4, -0.2) is 28.0 Å². The average molecular weight is 218 g/mol. The van der Waals surface area contributed by atoms with Gasteiger partial charge >= 0.3 is 82.2 Å². The van der Waals surface area contributed by atoms with Gasteiger partial charge in [0.25, 0.3) is 0 Å². The summed E-state index contributed by atoms with van der Waals surface area (Å²) in [4.78, 5) is 28.9. The maximum atomic E-state index is 9.62. The van der Waals surface area contributed by atoms with Crippen LogP contribution < -0.4 is 10.0 Å². The molecule has 0 aromatic heterocycles. The molecule has 0 saturated carbocycles. The van der Waals surface area contributed by atoms with Crippen molar-refractivity contribution < 1.29 is 19.4 Å². The van der Waals surface area contributed by atoms with Crippen LogP contribution in [0.15, 0.2) is 24.3 Å². The first-order chi connectivity index (χ1) is 6.37. The summed E-state index contributed by atoms with van der Waals surface area (Å²) < 4.78 is 4.92. The van der Waals surface area contributed by atoms with Gasteiger partial charge in [-0.3, -0.25) is 0 Å². The van der Waals surface area contributed by atoms with Gasteiger partial charge in [-0.15, -0.1) is 0 Å². The Morgan fingerprint density at radius 3 is 2.00 bits per heavy atom. The summed E-state index contributed by atoms with van der Waals surface area (Å²) in [6, 6.07) is 6.07. The fraction of sp³-hybridized carbons (Fsp3) is 0.333. The van der Waals surface area contributed by atoms with E-state index in [-0.39, 0.29) is 11.5 Å². The number of hydrogen-bond donors (Lipinski definition) is 3. The normalized spacial score (nSPS) is 14.5. The second-order valence-corrected chi connectivity index (χ2v) is 6.62. The molecule has 14 heavy (non-hydrogen) atoms. The molecule has 0 amide bonds. The van der Waals surface area contributed by atoms with Crippen LogP contribution >= 0.6 is 7.28 Å². The fourth-order valence-electron chi connectivity index (χ4n) is 1.07. The Hall–Kier alpha value is -0.670. The fourth-order valence-corrected chi connectivity index (χ4v) is 2.20. The van der Waals surface area contributed by atoms with E-state index in [0.29, 0.717) is 5.75 Å². The first-order valence-corrected chi connectivity index (χ1v) is 6.56. The van der Waals surface area contributed by atoms with E-state index in [1.54, 1.807) is 12.1 Å². The Morgan fingerprint density at radius 2 is 1.64 bits per heavy atom. The zero-order valence-electron chi connectivity index (χ0n) is 8.21. The molecule has 0 aliphatic rings. The van der Waals surface area contributed by atoms with Gasteiger partial charge in [-0.2, -0.15) is 0 Å². The molecule has 0 radical (unpaired) electrons. The monoisotopic (exact) mass is 218 g/mol. The molecule has 0 bridgehead atoms. The van der Waals surface area contributed by atoms with Gasteiger partial charge in [-0.05, 0) is 0 Å². The minimum atomic E-state index is -4.61. The SMILES string of the molecule is CCP(O)(O)(O)c1ccc(OC)cc1. The number of benzene rings is 1. The van der Waals surface area contributed by atoms with Crippen molar-refractivity contribution in [3.05, 3.63) is 24.3 Å². The van der Waals surface area contributed by atoms with Crippen LogP contribution in [0.4, 0.5) is 0 Å². The van der Waals surface area contributed by atoms with Crippen LogP contribution in [0.5, 0.6) is 5.75 Å². The first-order valence-electron chi connectivity index (χ1n) is 4.28. The van der Waals surface area contributed by atoms with Gasteiger partial charge in [0.05, 0.1) is 0 Å². The number of hydrogen-bond acceptors (Lipinski definition) is 4. The molecule has 80 valence electrons. The van der Waals surface area contributed by atoms with E-state index in [9.17, 15) is 14.7 Å². The van der Waals surface area contributed by atoms with E-state index in [2.05, 4.69) is 0 Å². The standard InChI is InChI=1S/C9H15O4P/c1-3-14(10,11,12)9-6-4-8(13-2)5-7-9/h4-7,10-12H,3H2,1-2H3. The third kappa shape index (κ3) is 2.22. The van der Waals surface area contributed by atoms with Crippen LogP contribution in [0, 0.1) is 0 Å². The molecule has 0 spiro atoms. The molecular formula is C9H15O4P. The third-order valence-electron chi connectivity index (χ3n) is 2.18. The molecule has 0 saturated heterocycles. The van der Waals surface area contributed by atoms with Crippen LogP contribution in [0.1, 0.15) is 6.92 Å². The van der Waals surface area contributed by atoms with E-state index in [1.807, 2.05) is 0 Å². The van der Waals surface area contributed by atoms with Gasteiger partial charge in [-0.25, -0.2) is 0 Å². The maximum absolute atomic E-state index is 9.62. The minimum absolute atomic E-state index is 0.0854. The van der Waals surface area contributed by atoms with Crippen molar-refractivity contribution in [3.8, 4) is 5.75 Å². The Balaban J connectivity index is 3.09. The average Bonchev–Trinajstić information content (AvgIpc) is 2.18. The van der Waals surface area contributed by atoms with Crippen molar-refractivity contribution in [1.82, 2.24) is 0 Å². The van der Waals surface area contributed by atoms with E-state index in [1.165, 1.54) is 26.2 Å². The summed E-state index contributed by atoms with van der Waals surface area (Å²) in [7, 11) is -3.09. The van der Waals surface area contributed by atoms with Crippen LogP contribution in [0.25, 0.3) is 0 Å². The summed E-state index contributed by atoms with van der Waals surface area (Å²) in [6.45, 7) is 1.53. The van der Waals surface area contributed by atoms with Crippen LogP contribution in [0.2, 0.25) is 0 Å². The molecule has 3 N–H and O–H groups in total. The number of rotatable bonds is 3. The third-order valence-corrected chi connectivity index (χ3v) is 4.70. The summed E-state index contributed by atoms with van der Waals surface area (Å²) in [5.41, 5.74) is 0. The van der Waals surface area contributed by atoms with Crippen molar-refractivity contribution in [1.29, 1.82) is 0 Å². The van der Waals surface area contributed by atoms with E-state index in [0.717, 1.165) is 0 Å². The zero-order chi connectivity index (χ0) is 10.8. The number of methoxy groups -OCH3 is 1. The zero-order valence-corrected chi connectivity index (χ0v) is 9.11. The molecule has 0 heterocycles. The topological polar surface area (TPSA) is 69.9 Å². The van der Waals surface area contributed by atoms with Gasteiger partial charge < -0.3 is 0 Å². The molecule has 0 atom stereocenters. The van der Waals surface area contributed by atoms with Crippen LogP contribution in [-0.2, 0) is 0 Å². The Morgan fingerprint density at radius 1 is 1.14 bits per heavy atom. The van der Waals surface area contributed by atoms with Crippen molar-refractivity contribution in [2.75, 3.05) is 13.3 Å². The second kappa shape index (κ2) is 3.48. The van der Waals surface area contributed by atoms with Gasteiger partial charge in [0, 0.05) is 0 Å². The van der Waals surface area contributed by atoms with E-state index >= 15 is 0 Å². The molecule has 0 fully saturated rings. The molecule has 1 rings (SSSR count). The van der Waals surface area contributed by atoms with Gasteiger partial charge in [-0.1, -0.05) is 0 Å². The second-order valence-electron chi connectivity index (χ2n) is 3.16. The quantitative estimate of drug-likeness (QED) is 0.650. The summed E-state index contributed by atoms with van der Waals surface area (Å²) in [5, 5.41) is 0.152. The molecule has 0 aliphatic heterocycles. The molecular weight excluding hydrogens is 203 g/mol. The summed E-state index contributed by atoms with van der Waals surface area (Å²) >= 11 is 0. The molecule has 5 heteroatoms. The van der Waals surface area contributed by atoms with Crippen LogP contribution in [0.3, 0.4) is 0 Å². The number of ether oxygens (including phenoxy) is 1. The van der Waals surface area contributed by atoms with Crippen molar-refractivity contribution in [2.45, 2.75) is 6.92 Å². The molecule has 4 nitrogen and oxygen atoms in total. The molecule has 1 aromatic rings. The van der Waals surface area contributed by atoms with Crippen molar-refractivity contribution >= 4 is 12.6 Å². The Labute approximate surface area is 83.0 Å².